The molecule has 7 nitrogen and oxygen atoms in total. The zero-order valence-electron chi connectivity index (χ0n) is 17.7. The van der Waals surface area contributed by atoms with Gasteiger partial charge in [-0.3, -0.25) is 4.99 Å². The Labute approximate surface area is 200 Å². The van der Waals surface area contributed by atoms with E-state index >= 15 is 0 Å². The summed E-state index contributed by atoms with van der Waals surface area (Å²) in [5, 5.41) is 12.6. The second-order valence-electron chi connectivity index (χ2n) is 7.28. The Balaban J connectivity index is 0.00000320. The molecule has 0 unspecified atom stereocenters. The number of guanidine groups is 1. The van der Waals surface area contributed by atoms with Gasteiger partial charge in [0.25, 0.3) is 0 Å². The van der Waals surface area contributed by atoms with E-state index in [0.29, 0.717) is 6.54 Å². The summed E-state index contributed by atoms with van der Waals surface area (Å²) in [5.41, 5.74) is 1.92. The molecule has 164 valence electrons. The van der Waals surface area contributed by atoms with E-state index in [1.165, 1.54) is 5.00 Å². The lowest BCUT2D eigenvalue weighted by molar-refractivity contribution is 0.250. The van der Waals surface area contributed by atoms with Crippen molar-refractivity contribution in [2.45, 2.75) is 26.4 Å². The fourth-order valence-electron chi connectivity index (χ4n) is 3.24. The molecule has 1 aliphatic rings. The number of nitrogens with zero attached hydrogens (tertiary/aromatic N) is 3. The summed E-state index contributed by atoms with van der Waals surface area (Å²) in [4.78, 5) is 21.0. The molecule has 3 rings (SSSR count). The number of piperazine rings is 1. The monoisotopic (exact) mass is 542 g/mol. The Hall–Kier alpha value is -2.01. The van der Waals surface area contributed by atoms with Gasteiger partial charge in [0.1, 0.15) is 0 Å². The Morgan fingerprint density at radius 1 is 1.13 bits per heavy atom. The molecule has 1 aliphatic heterocycles. The van der Waals surface area contributed by atoms with Crippen LogP contribution in [-0.4, -0.2) is 56.2 Å². The van der Waals surface area contributed by atoms with Crippen molar-refractivity contribution in [1.29, 1.82) is 0 Å². The highest BCUT2D eigenvalue weighted by atomic mass is 127. The highest BCUT2D eigenvalue weighted by molar-refractivity contribution is 14.0. The quantitative estimate of drug-likeness (QED) is 0.306. The molecule has 0 saturated carbocycles. The van der Waals surface area contributed by atoms with Gasteiger partial charge in [0.2, 0.25) is 0 Å². The number of urea groups is 1. The molecule has 0 aliphatic carbocycles. The Kier molecular flexibility index (Phi) is 9.70. The molecule has 3 N–H and O–H groups in total. The molecule has 0 bridgehead atoms. The second kappa shape index (κ2) is 12.0. The Bertz CT molecular complexity index is 801. The minimum atomic E-state index is -0.187. The van der Waals surface area contributed by atoms with Gasteiger partial charge < -0.3 is 25.8 Å². The van der Waals surface area contributed by atoms with Crippen LogP contribution in [0.25, 0.3) is 0 Å². The van der Waals surface area contributed by atoms with E-state index in [9.17, 15) is 4.79 Å². The van der Waals surface area contributed by atoms with Crippen LogP contribution in [0.5, 0.6) is 0 Å². The summed E-state index contributed by atoms with van der Waals surface area (Å²) in [6.07, 6.45) is 0. The summed E-state index contributed by atoms with van der Waals surface area (Å²) in [5.74, 6) is 0.925. The minimum Gasteiger partial charge on any atom is -0.360 e. The van der Waals surface area contributed by atoms with E-state index in [4.69, 9.17) is 0 Å². The Morgan fingerprint density at radius 2 is 1.83 bits per heavy atom. The number of carbonyl (C=O) groups is 1. The van der Waals surface area contributed by atoms with Crippen LogP contribution in [0.1, 0.15) is 19.4 Å². The third kappa shape index (κ3) is 7.05. The lowest BCUT2D eigenvalue weighted by Gasteiger charge is -2.37. The number of thiophene rings is 1. The first-order chi connectivity index (χ1) is 14.0. The number of hydrogen-bond acceptors (Lipinski definition) is 4. The molecular formula is C21H31IN6OS. The lowest BCUT2D eigenvalue weighted by atomic mass is 10.2. The van der Waals surface area contributed by atoms with Crippen molar-refractivity contribution in [1.82, 2.24) is 15.5 Å². The van der Waals surface area contributed by atoms with Gasteiger partial charge in [-0.2, -0.15) is 0 Å². The van der Waals surface area contributed by atoms with Crippen molar-refractivity contribution >= 4 is 58.0 Å². The molecular weight excluding hydrogens is 511 g/mol. The summed E-state index contributed by atoms with van der Waals surface area (Å²) >= 11 is 1.79. The average Bonchev–Trinajstić information content (AvgIpc) is 3.24. The van der Waals surface area contributed by atoms with E-state index in [1.807, 2.05) is 45.2 Å². The van der Waals surface area contributed by atoms with Gasteiger partial charge >= 0.3 is 6.03 Å². The van der Waals surface area contributed by atoms with Crippen LogP contribution in [-0.2, 0) is 6.54 Å². The van der Waals surface area contributed by atoms with E-state index in [0.717, 1.165) is 43.4 Å². The van der Waals surface area contributed by atoms with Gasteiger partial charge in [-0.1, -0.05) is 12.1 Å². The summed E-state index contributed by atoms with van der Waals surface area (Å²) < 4.78 is 0. The lowest BCUT2D eigenvalue weighted by Crippen LogP contribution is -2.52. The highest BCUT2D eigenvalue weighted by Crippen LogP contribution is 2.22. The van der Waals surface area contributed by atoms with Crippen LogP contribution in [0.2, 0.25) is 0 Å². The van der Waals surface area contributed by atoms with E-state index in [-0.39, 0.29) is 36.0 Å². The van der Waals surface area contributed by atoms with Gasteiger partial charge in [-0.05, 0) is 49.1 Å². The molecule has 1 fully saturated rings. The zero-order chi connectivity index (χ0) is 20.6. The molecule has 0 spiro atoms. The maximum atomic E-state index is 11.8. The number of hydrogen-bond donors (Lipinski definition) is 3. The highest BCUT2D eigenvalue weighted by Gasteiger charge is 2.20. The molecule has 1 aromatic heterocycles. The number of anilines is 2. The first kappa shape index (κ1) is 24.3. The smallest absolute Gasteiger partial charge is 0.319 e. The van der Waals surface area contributed by atoms with Crippen molar-refractivity contribution in [3.8, 4) is 0 Å². The number of amides is 2. The predicted octanol–water partition coefficient (Wildman–Crippen LogP) is 3.79. The van der Waals surface area contributed by atoms with Crippen molar-refractivity contribution in [2.75, 3.05) is 43.4 Å². The molecule has 30 heavy (non-hydrogen) atoms. The SMILES string of the molecule is CN=C(NCc1ccc(NC(=O)NC(C)C)cc1)N1CCN(c2cccs2)CC1.I. The van der Waals surface area contributed by atoms with Crippen molar-refractivity contribution in [3.63, 3.8) is 0 Å². The summed E-state index contributed by atoms with van der Waals surface area (Å²) in [7, 11) is 1.83. The predicted molar refractivity (Wildman–Crippen MR) is 137 cm³/mol. The second-order valence-corrected chi connectivity index (χ2v) is 8.20. The van der Waals surface area contributed by atoms with E-state index in [2.05, 4.69) is 48.3 Å². The topological polar surface area (TPSA) is 72.0 Å². The molecule has 2 heterocycles. The maximum Gasteiger partial charge on any atom is 0.319 e. The van der Waals surface area contributed by atoms with Crippen LogP contribution in [0.3, 0.4) is 0 Å². The van der Waals surface area contributed by atoms with Crippen LogP contribution in [0, 0.1) is 0 Å². The van der Waals surface area contributed by atoms with Gasteiger partial charge in [0.15, 0.2) is 5.96 Å². The summed E-state index contributed by atoms with van der Waals surface area (Å²) in [6.45, 7) is 8.46. The first-order valence-corrected chi connectivity index (χ1v) is 10.8. The fraction of sp³-hybridized carbons (Fsp3) is 0.429. The number of carbonyl (C=O) groups excluding carboxylic acids is 1. The molecule has 1 saturated heterocycles. The maximum absolute atomic E-state index is 11.8. The summed E-state index contributed by atoms with van der Waals surface area (Å²) in [6, 6.07) is 12.1. The van der Waals surface area contributed by atoms with Crippen molar-refractivity contribution in [3.05, 3.63) is 47.3 Å². The molecule has 2 aromatic rings. The number of benzene rings is 1. The van der Waals surface area contributed by atoms with Crippen LogP contribution >= 0.6 is 35.3 Å². The number of rotatable bonds is 5. The minimum absolute atomic E-state index is 0. The standard InChI is InChI=1S/C21H30N6OS.HI/c1-16(2)24-21(28)25-18-8-6-17(7-9-18)15-23-20(22-3)27-12-10-26(11-13-27)19-5-4-14-29-19;/h4-9,14,16H,10-13,15H2,1-3H3,(H,22,23)(H2,24,25,28);1H. The molecule has 9 heteroatoms. The van der Waals surface area contributed by atoms with E-state index in [1.54, 1.807) is 11.3 Å². The molecule has 0 radical (unpaired) electrons. The van der Waals surface area contributed by atoms with Crippen LogP contribution in [0.15, 0.2) is 46.8 Å². The Morgan fingerprint density at radius 3 is 2.40 bits per heavy atom. The van der Waals surface area contributed by atoms with Crippen molar-refractivity contribution in [2.24, 2.45) is 4.99 Å². The van der Waals surface area contributed by atoms with Crippen LogP contribution < -0.4 is 20.9 Å². The average molecular weight is 542 g/mol. The first-order valence-electron chi connectivity index (χ1n) is 9.95. The molecule has 1 aromatic carbocycles. The number of aliphatic imine (C=N–C) groups is 1. The van der Waals surface area contributed by atoms with Gasteiger partial charge in [0.05, 0.1) is 5.00 Å². The largest absolute Gasteiger partial charge is 0.360 e. The number of halogens is 1. The number of nitrogens with one attached hydrogen (secondary N) is 3. The fourth-order valence-corrected chi connectivity index (χ4v) is 4.02. The van der Waals surface area contributed by atoms with Gasteiger partial charge in [0, 0.05) is 51.5 Å². The zero-order valence-corrected chi connectivity index (χ0v) is 20.9. The van der Waals surface area contributed by atoms with Gasteiger partial charge in [-0.15, -0.1) is 35.3 Å². The third-order valence-electron chi connectivity index (χ3n) is 4.69. The third-order valence-corrected chi connectivity index (χ3v) is 5.62. The van der Waals surface area contributed by atoms with Gasteiger partial charge in [-0.25, -0.2) is 4.79 Å². The normalized spacial score (nSPS) is 14.3. The van der Waals surface area contributed by atoms with Crippen molar-refractivity contribution < 1.29 is 4.79 Å². The van der Waals surface area contributed by atoms with E-state index < -0.39 is 0 Å². The molecule has 2 amide bonds. The van der Waals surface area contributed by atoms with Crippen LogP contribution in [0.4, 0.5) is 15.5 Å². The molecule has 0 atom stereocenters.